The molecule has 13 nitrogen and oxygen atoms in total. The highest BCUT2D eigenvalue weighted by Crippen LogP contribution is 2.31. The number of nitrogens with one attached hydrogen (secondary N) is 3. The van der Waals surface area contributed by atoms with Crippen LogP contribution in [0.3, 0.4) is 0 Å². The van der Waals surface area contributed by atoms with Crippen LogP contribution in [0.2, 0.25) is 0 Å². The molecule has 4 atom stereocenters. The van der Waals surface area contributed by atoms with Gasteiger partial charge in [0.1, 0.15) is 12.1 Å². The van der Waals surface area contributed by atoms with Crippen molar-refractivity contribution in [3.05, 3.63) is 0 Å². The van der Waals surface area contributed by atoms with Crippen molar-refractivity contribution in [2.45, 2.75) is 125 Å². The van der Waals surface area contributed by atoms with Gasteiger partial charge in [-0.25, -0.2) is 9.59 Å². The summed E-state index contributed by atoms with van der Waals surface area (Å²) in [5.74, 6) is -2.66. The summed E-state index contributed by atoms with van der Waals surface area (Å²) in [6.07, 6.45) is 4.86. The number of nitrogens with two attached hydrogens (primary N) is 1. The molecule has 1 heterocycles. The van der Waals surface area contributed by atoms with E-state index in [1.54, 1.807) is 7.05 Å². The summed E-state index contributed by atoms with van der Waals surface area (Å²) in [7, 11) is 2.85. The number of primary amides is 1. The fraction of sp³-hybridized carbons (Fsp3) is 0.812. The lowest BCUT2D eigenvalue weighted by atomic mass is 9.80. The molecule has 6 amide bonds. The molecular weight excluding hydrogens is 580 g/mol. The number of carbonyl (C=O) groups is 6. The molecule has 0 aromatic carbocycles. The van der Waals surface area contributed by atoms with Crippen LogP contribution in [0.15, 0.2) is 0 Å². The molecule has 1 saturated heterocycles. The van der Waals surface area contributed by atoms with Crippen LogP contribution in [-0.4, -0.2) is 96.8 Å². The molecule has 1 aliphatic heterocycles. The van der Waals surface area contributed by atoms with Gasteiger partial charge >= 0.3 is 12.1 Å². The number of likely N-dealkylation sites (N-methyl/N-ethyl adjacent to an activating group) is 1. The third-order valence-electron chi connectivity index (χ3n) is 8.19. The van der Waals surface area contributed by atoms with Crippen LogP contribution in [0.25, 0.3) is 0 Å². The Bertz CT molecular complexity index is 1050. The Morgan fingerprint density at radius 2 is 1.49 bits per heavy atom. The minimum Gasteiger partial charge on any atom is -0.453 e. The van der Waals surface area contributed by atoms with Gasteiger partial charge in [-0.2, -0.15) is 0 Å². The first-order chi connectivity index (χ1) is 20.8. The lowest BCUT2D eigenvalue weighted by Crippen LogP contribution is -2.62. The highest BCUT2D eigenvalue weighted by molar-refractivity contribution is 6.37. The van der Waals surface area contributed by atoms with Crippen LogP contribution in [-0.2, 0) is 23.9 Å². The van der Waals surface area contributed by atoms with E-state index in [4.69, 9.17) is 10.5 Å². The van der Waals surface area contributed by atoms with Gasteiger partial charge < -0.3 is 36.2 Å². The van der Waals surface area contributed by atoms with Crippen molar-refractivity contribution in [1.29, 1.82) is 0 Å². The Morgan fingerprint density at radius 1 is 0.911 bits per heavy atom. The fourth-order valence-electron chi connectivity index (χ4n) is 5.22. The second-order valence-corrected chi connectivity index (χ2v) is 14.4. The minimum absolute atomic E-state index is 0.179. The van der Waals surface area contributed by atoms with E-state index in [2.05, 4.69) is 29.8 Å². The Morgan fingerprint density at radius 3 is 1.93 bits per heavy atom. The monoisotopic (exact) mass is 638 g/mol. The number of amides is 6. The van der Waals surface area contributed by atoms with E-state index in [9.17, 15) is 28.8 Å². The number of hydrogen-bond donors (Lipinski definition) is 4. The molecule has 0 radical (unpaired) electrons. The van der Waals surface area contributed by atoms with Crippen LogP contribution in [0.1, 0.15) is 100 Å². The number of methoxy groups -OCH3 is 1. The number of likely N-dealkylation sites (tertiary alicyclic amines) is 1. The zero-order valence-corrected chi connectivity index (χ0v) is 29.1. The van der Waals surface area contributed by atoms with Gasteiger partial charge in [0.2, 0.25) is 17.6 Å². The Kier molecular flexibility index (Phi) is 15.3. The van der Waals surface area contributed by atoms with Gasteiger partial charge in [0.25, 0.3) is 5.91 Å². The van der Waals surface area contributed by atoms with Crippen molar-refractivity contribution < 1.29 is 33.5 Å². The van der Waals surface area contributed by atoms with Crippen LogP contribution < -0.4 is 21.7 Å². The summed E-state index contributed by atoms with van der Waals surface area (Å²) >= 11 is 0. The number of ether oxygens (including phenoxy) is 1. The normalized spacial score (nSPS) is 18.6. The third kappa shape index (κ3) is 12.1. The van der Waals surface area contributed by atoms with E-state index < -0.39 is 70.6 Å². The van der Waals surface area contributed by atoms with Crippen LogP contribution in [0, 0.1) is 16.7 Å². The number of nitrogens with zero attached hydrogens (tertiary/aromatic N) is 2. The summed E-state index contributed by atoms with van der Waals surface area (Å²) in [5, 5.41) is 8.39. The number of urea groups is 1. The van der Waals surface area contributed by atoms with Crippen LogP contribution >= 0.6 is 0 Å². The lowest BCUT2D eigenvalue weighted by Gasteiger charge is -2.38. The molecule has 2 rings (SSSR count). The van der Waals surface area contributed by atoms with Crippen molar-refractivity contribution in [1.82, 2.24) is 25.8 Å². The third-order valence-corrected chi connectivity index (χ3v) is 8.19. The van der Waals surface area contributed by atoms with Gasteiger partial charge in [0.15, 0.2) is 0 Å². The predicted molar refractivity (Wildman–Crippen MR) is 172 cm³/mol. The highest BCUT2D eigenvalue weighted by Gasteiger charge is 2.43. The number of carbonyl (C=O) groups excluding carboxylic acids is 6. The smallest absolute Gasteiger partial charge is 0.409 e. The molecule has 1 saturated carbocycles. The van der Waals surface area contributed by atoms with Crippen molar-refractivity contribution in [2.75, 3.05) is 27.2 Å². The maximum atomic E-state index is 13.9. The molecule has 45 heavy (non-hydrogen) atoms. The molecule has 258 valence electrons. The van der Waals surface area contributed by atoms with E-state index in [0.717, 1.165) is 19.3 Å². The van der Waals surface area contributed by atoms with Crippen LogP contribution in [0.5, 0.6) is 0 Å². The first kappa shape index (κ1) is 39.6. The molecule has 5 N–H and O–H groups in total. The quantitative estimate of drug-likeness (QED) is 0.251. The van der Waals surface area contributed by atoms with Crippen LogP contribution in [0.4, 0.5) is 9.59 Å². The van der Waals surface area contributed by atoms with Gasteiger partial charge in [-0.1, -0.05) is 81.1 Å². The van der Waals surface area contributed by atoms with E-state index in [1.165, 1.54) is 23.3 Å². The Balaban J connectivity index is 0.00000324. The molecular formula is C32H58N6O7. The lowest BCUT2D eigenvalue weighted by molar-refractivity contribution is -0.143. The van der Waals surface area contributed by atoms with E-state index >= 15 is 0 Å². The Labute approximate surface area is 269 Å². The first-order valence-corrected chi connectivity index (χ1v) is 16.1. The summed E-state index contributed by atoms with van der Waals surface area (Å²) in [4.78, 5) is 79.4. The van der Waals surface area contributed by atoms with Gasteiger partial charge in [0.05, 0.1) is 19.2 Å². The average molecular weight is 639 g/mol. The summed E-state index contributed by atoms with van der Waals surface area (Å²) in [5.41, 5.74) is 4.10. The number of Topliss-reactive ketones (excluding diaryl/α,β-unsaturated/α-hetero) is 1. The topological polar surface area (TPSA) is 180 Å². The van der Waals surface area contributed by atoms with Crippen molar-refractivity contribution in [3.63, 3.8) is 0 Å². The SMILES string of the molecule is CCC.COC(=O)N(C)CC(NC(=O)NC(C(=O)N1CCCC1C(=O)NC(CC1CCC1)C(=O)C(N)=O)C(C)(C)C)C(C)(C)C. The molecule has 1 aliphatic carbocycles. The maximum absolute atomic E-state index is 13.9. The molecule has 2 aliphatic rings. The minimum atomic E-state index is -1.10. The zero-order chi connectivity index (χ0) is 34.7. The molecule has 0 aromatic heterocycles. The van der Waals surface area contributed by atoms with Crippen molar-refractivity contribution >= 4 is 35.6 Å². The first-order valence-electron chi connectivity index (χ1n) is 16.1. The van der Waals surface area contributed by atoms with E-state index in [1.807, 2.05) is 41.5 Å². The number of hydrogen-bond acceptors (Lipinski definition) is 7. The van der Waals surface area contributed by atoms with Gasteiger partial charge in [-0.3, -0.25) is 19.2 Å². The second-order valence-electron chi connectivity index (χ2n) is 14.4. The molecule has 13 heteroatoms. The van der Waals surface area contributed by atoms with E-state index in [0.29, 0.717) is 25.8 Å². The van der Waals surface area contributed by atoms with Gasteiger partial charge in [-0.05, 0) is 36.0 Å². The highest BCUT2D eigenvalue weighted by atomic mass is 16.5. The van der Waals surface area contributed by atoms with Gasteiger partial charge in [-0.15, -0.1) is 0 Å². The predicted octanol–water partition coefficient (Wildman–Crippen LogP) is 2.95. The largest absolute Gasteiger partial charge is 0.453 e. The average Bonchev–Trinajstić information content (AvgIpc) is 3.40. The summed E-state index contributed by atoms with van der Waals surface area (Å²) in [6, 6.07) is -3.93. The standard InChI is InChI=1S/C29H50N6O7.C3H8/c1-28(2,3)20(16-34(7)27(41)42-8)32-26(40)33-22(29(4,5)6)25(39)35-14-10-13-19(35)24(38)31-18(21(36)23(30)37)15-17-11-9-12-17;1-3-2/h17-20,22H,9-16H2,1-8H3,(H2,30,37)(H,31,38)(H2,32,33,40);3H2,1-2H3. The maximum Gasteiger partial charge on any atom is 0.409 e. The summed E-state index contributed by atoms with van der Waals surface area (Å²) < 4.78 is 4.77. The molecule has 0 bridgehead atoms. The number of ketones is 1. The van der Waals surface area contributed by atoms with Crippen molar-refractivity contribution in [3.8, 4) is 0 Å². The van der Waals surface area contributed by atoms with E-state index in [-0.39, 0.29) is 12.5 Å². The fourth-order valence-corrected chi connectivity index (χ4v) is 5.22. The molecule has 4 unspecified atom stereocenters. The van der Waals surface area contributed by atoms with Gasteiger partial charge in [0, 0.05) is 20.1 Å². The summed E-state index contributed by atoms with van der Waals surface area (Å²) in [6.45, 7) is 15.9. The van der Waals surface area contributed by atoms with Crippen molar-refractivity contribution in [2.24, 2.45) is 22.5 Å². The zero-order valence-electron chi connectivity index (χ0n) is 29.1. The molecule has 2 fully saturated rings. The second kappa shape index (κ2) is 17.4. The molecule has 0 spiro atoms. The molecule has 0 aromatic rings. The Hall–Kier alpha value is -3.38. The number of rotatable bonds is 11.